The number of anilines is 1. The molecule has 182 valence electrons. The third-order valence-electron chi connectivity index (χ3n) is 5.59. The topological polar surface area (TPSA) is 121 Å². The SMILES string of the molecule is CC(=O)N1CCn2c(C(=O)C(=O)NC(C)(C)CO)cc(C(=O)Nc3cc(C)c(F)c(F)c3)c2C1. The number of hydrogen-bond acceptors (Lipinski definition) is 5. The van der Waals surface area contributed by atoms with Crippen LogP contribution in [-0.2, 0) is 22.7 Å². The number of rotatable bonds is 6. The van der Waals surface area contributed by atoms with Crippen molar-refractivity contribution in [1.82, 2.24) is 14.8 Å². The monoisotopic (exact) mass is 476 g/mol. The predicted molar refractivity (Wildman–Crippen MR) is 118 cm³/mol. The highest BCUT2D eigenvalue weighted by Crippen LogP contribution is 2.25. The summed E-state index contributed by atoms with van der Waals surface area (Å²) in [5, 5.41) is 14.3. The third kappa shape index (κ3) is 4.98. The molecule has 34 heavy (non-hydrogen) atoms. The fraction of sp³-hybridized carbons (Fsp3) is 0.391. The van der Waals surface area contributed by atoms with E-state index in [1.165, 1.54) is 35.4 Å². The molecule has 1 aromatic carbocycles. The van der Waals surface area contributed by atoms with E-state index in [0.717, 1.165) is 6.07 Å². The van der Waals surface area contributed by atoms with Crippen molar-refractivity contribution in [3.63, 3.8) is 0 Å². The highest BCUT2D eigenvalue weighted by Gasteiger charge is 2.33. The molecule has 0 saturated heterocycles. The molecule has 0 bridgehead atoms. The van der Waals surface area contributed by atoms with Gasteiger partial charge >= 0.3 is 0 Å². The molecule has 0 spiro atoms. The van der Waals surface area contributed by atoms with Gasteiger partial charge < -0.3 is 25.2 Å². The summed E-state index contributed by atoms with van der Waals surface area (Å²) in [5.74, 6) is -4.98. The Kier molecular flexibility index (Phi) is 6.87. The van der Waals surface area contributed by atoms with Gasteiger partial charge in [0.2, 0.25) is 5.91 Å². The smallest absolute Gasteiger partial charge is 0.294 e. The number of halogens is 2. The van der Waals surface area contributed by atoms with Crippen molar-refractivity contribution in [3.05, 3.63) is 52.3 Å². The molecule has 1 aliphatic heterocycles. The van der Waals surface area contributed by atoms with Gasteiger partial charge in [-0.3, -0.25) is 19.2 Å². The van der Waals surface area contributed by atoms with Crippen LogP contribution in [0, 0.1) is 18.6 Å². The molecule has 0 atom stereocenters. The van der Waals surface area contributed by atoms with Crippen LogP contribution in [-0.4, -0.2) is 56.8 Å². The van der Waals surface area contributed by atoms with E-state index in [4.69, 9.17) is 0 Å². The number of aromatic nitrogens is 1. The van der Waals surface area contributed by atoms with Gasteiger partial charge in [-0.05, 0) is 38.5 Å². The van der Waals surface area contributed by atoms with Crippen LogP contribution in [0.3, 0.4) is 0 Å². The number of nitrogens with zero attached hydrogens (tertiary/aromatic N) is 2. The highest BCUT2D eigenvalue weighted by atomic mass is 19.2. The zero-order valence-corrected chi connectivity index (χ0v) is 19.3. The maximum Gasteiger partial charge on any atom is 0.294 e. The molecule has 3 amide bonds. The van der Waals surface area contributed by atoms with Crippen molar-refractivity contribution >= 4 is 29.2 Å². The number of nitrogens with one attached hydrogen (secondary N) is 2. The maximum absolute atomic E-state index is 13.8. The lowest BCUT2D eigenvalue weighted by Crippen LogP contribution is -2.49. The van der Waals surface area contributed by atoms with Crippen LogP contribution in [0.25, 0.3) is 0 Å². The Bertz CT molecular complexity index is 1170. The largest absolute Gasteiger partial charge is 0.394 e. The van der Waals surface area contributed by atoms with Gasteiger partial charge in [-0.25, -0.2) is 8.78 Å². The van der Waals surface area contributed by atoms with E-state index in [0.29, 0.717) is 5.69 Å². The molecule has 0 fully saturated rings. The number of hydrogen-bond donors (Lipinski definition) is 3. The van der Waals surface area contributed by atoms with Crippen molar-refractivity contribution in [1.29, 1.82) is 0 Å². The summed E-state index contributed by atoms with van der Waals surface area (Å²) in [7, 11) is 0. The van der Waals surface area contributed by atoms with Crippen LogP contribution in [0.4, 0.5) is 14.5 Å². The summed E-state index contributed by atoms with van der Waals surface area (Å²) in [5.41, 5.74) is -0.745. The first-order chi connectivity index (χ1) is 15.8. The Morgan fingerprint density at radius 3 is 2.38 bits per heavy atom. The summed E-state index contributed by atoms with van der Waals surface area (Å²) in [6.45, 7) is 5.87. The van der Waals surface area contributed by atoms with E-state index >= 15 is 0 Å². The van der Waals surface area contributed by atoms with Gasteiger partial charge in [-0.15, -0.1) is 0 Å². The minimum Gasteiger partial charge on any atom is -0.394 e. The summed E-state index contributed by atoms with van der Waals surface area (Å²) in [6, 6.07) is 3.34. The van der Waals surface area contributed by atoms with Crippen LogP contribution in [0.15, 0.2) is 18.2 Å². The van der Waals surface area contributed by atoms with Crippen molar-refractivity contribution < 1.29 is 33.1 Å². The molecule has 2 heterocycles. The molecule has 3 rings (SSSR count). The molecule has 9 nitrogen and oxygen atoms in total. The average Bonchev–Trinajstić information content (AvgIpc) is 3.15. The van der Waals surface area contributed by atoms with Crippen molar-refractivity contribution in [2.45, 2.75) is 46.3 Å². The second kappa shape index (κ2) is 9.34. The molecule has 0 radical (unpaired) electrons. The first-order valence-corrected chi connectivity index (χ1v) is 10.6. The number of carbonyl (C=O) groups is 4. The van der Waals surface area contributed by atoms with Crippen LogP contribution in [0.1, 0.15) is 52.9 Å². The van der Waals surface area contributed by atoms with Crippen LogP contribution in [0.2, 0.25) is 0 Å². The fourth-order valence-electron chi connectivity index (χ4n) is 3.67. The lowest BCUT2D eigenvalue weighted by molar-refractivity contribution is -0.130. The summed E-state index contributed by atoms with van der Waals surface area (Å²) >= 11 is 0. The number of aliphatic hydroxyl groups excluding tert-OH is 1. The van der Waals surface area contributed by atoms with E-state index in [9.17, 15) is 33.1 Å². The summed E-state index contributed by atoms with van der Waals surface area (Å²) in [4.78, 5) is 51.9. The minimum atomic E-state index is -1.13. The number of amides is 3. The van der Waals surface area contributed by atoms with Gasteiger partial charge in [-0.2, -0.15) is 0 Å². The Hall–Kier alpha value is -3.60. The molecular weight excluding hydrogens is 450 g/mol. The molecule has 1 aliphatic rings. The fourth-order valence-corrected chi connectivity index (χ4v) is 3.67. The van der Waals surface area contributed by atoms with E-state index in [2.05, 4.69) is 10.6 Å². The Balaban J connectivity index is 1.99. The lowest BCUT2D eigenvalue weighted by Gasteiger charge is -2.29. The molecule has 11 heteroatoms. The van der Waals surface area contributed by atoms with E-state index < -0.39 is 41.4 Å². The molecule has 3 N–H and O–H groups in total. The first kappa shape index (κ1) is 25.0. The van der Waals surface area contributed by atoms with Crippen molar-refractivity contribution in [2.24, 2.45) is 0 Å². The Morgan fingerprint density at radius 1 is 1.12 bits per heavy atom. The van der Waals surface area contributed by atoms with Gasteiger partial charge in [0.1, 0.15) is 0 Å². The number of benzene rings is 1. The minimum absolute atomic E-state index is 0.00370. The van der Waals surface area contributed by atoms with E-state index in [1.54, 1.807) is 13.8 Å². The Morgan fingerprint density at radius 2 is 1.79 bits per heavy atom. The maximum atomic E-state index is 13.8. The Labute approximate surface area is 194 Å². The van der Waals surface area contributed by atoms with E-state index in [-0.39, 0.29) is 48.0 Å². The standard InChI is InChI=1S/C23H26F2N4O5/c1-12-7-14(8-16(24)19(12)25)26-21(33)15-9-17(20(32)22(34)27-23(3,4)11-30)29-6-5-28(13(2)31)10-18(15)29/h7-9,30H,5-6,10-11H2,1-4H3,(H,26,33)(H,27,34). The number of aliphatic hydroxyl groups is 1. The normalized spacial score (nSPS) is 13.3. The highest BCUT2D eigenvalue weighted by molar-refractivity contribution is 6.42. The van der Waals surface area contributed by atoms with Gasteiger partial charge in [0.25, 0.3) is 17.6 Å². The van der Waals surface area contributed by atoms with E-state index in [1.807, 2.05) is 0 Å². The van der Waals surface area contributed by atoms with Gasteiger partial charge in [0.05, 0.1) is 35.6 Å². The van der Waals surface area contributed by atoms with Gasteiger partial charge in [0, 0.05) is 31.8 Å². The molecule has 2 aromatic rings. The molecular formula is C23H26F2N4O5. The van der Waals surface area contributed by atoms with Crippen molar-refractivity contribution in [2.75, 3.05) is 18.5 Å². The predicted octanol–water partition coefficient (Wildman–Crippen LogP) is 1.76. The summed E-state index contributed by atoms with van der Waals surface area (Å²) < 4.78 is 28.9. The zero-order valence-electron chi connectivity index (χ0n) is 19.3. The zero-order chi connectivity index (χ0) is 25.4. The van der Waals surface area contributed by atoms with Crippen LogP contribution < -0.4 is 10.6 Å². The summed E-state index contributed by atoms with van der Waals surface area (Å²) in [6.07, 6.45) is 0. The molecule has 0 aliphatic carbocycles. The second-order valence-electron chi connectivity index (χ2n) is 8.85. The number of aryl methyl sites for hydroxylation is 1. The molecule has 0 saturated carbocycles. The molecule has 1 aromatic heterocycles. The van der Waals surface area contributed by atoms with Crippen molar-refractivity contribution in [3.8, 4) is 0 Å². The lowest BCUT2D eigenvalue weighted by atomic mass is 10.1. The first-order valence-electron chi connectivity index (χ1n) is 10.6. The number of ketones is 1. The quantitative estimate of drug-likeness (QED) is 0.434. The van der Waals surface area contributed by atoms with Crippen LogP contribution >= 0.6 is 0 Å². The van der Waals surface area contributed by atoms with Gasteiger partial charge in [0.15, 0.2) is 11.6 Å². The molecule has 0 unspecified atom stereocenters. The average molecular weight is 476 g/mol. The third-order valence-corrected chi connectivity index (χ3v) is 5.59. The number of carbonyl (C=O) groups excluding carboxylic acids is 4. The second-order valence-corrected chi connectivity index (χ2v) is 8.85. The number of fused-ring (bicyclic) bond motifs is 1. The van der Waals surface area contributed by atoms with Gasteiger partial charge in [-0.1, -0.05) is 0 Å². The van der Waals surface area contributed by atoms with Crippen LogP contribution in [0.5, 0.6) is 0 Å². The number of Topliss-reactive ketones (excluding diaryl/α,β-unsaturated/α-hetero) is 1.